The summed E-state index contributed by atoms with van der Waals surface area (Å²) in [5, 5.41) is 25.9. The summed E-state index contributed by atoms with van der Waals surface area (Å²) in [6.07, 6.45) is 5.05. The molecule has 4 N–H and O–H groups in total. The van der Waals surface area contributed by atoms with Gasteiger partial charge in [-0.1, -0.05) is 39.8 Å². The number of methoxy groups -OCH3 is 1. The van der Waals surface area contributed by atoms with Crippen molar-refractivity contribution in [2.45, 2.75) is 97.6 Å². The lowest BCUT2D eigenvalue weighted by molar-refractivity contribution is -0.155. The standard InChI is InChI=1S/C50H66N8O9/c1-9-57-41-13-12-32-23-36(41)37(45(57)38-25-51-15-14-33(38)28-66-8)24-50(4,5)29-67-49(65)39-11-10-16-58(53-39)47(63)40(21-31-19-34(32)22-35(60)20-31)52-46(62)44(30(2)3)55(7)43(61)27-54(6)48(64)42-26-56(42)17-18-59/h12-15,19-20,22-23,25,30,39-40,42,44,53,59-60H,9-11,16-18,21,24,26-29H2,1-8H3,(H,52,62)/t39-,40-,42+,44?,56?/m0/s1. The lowest BCUT2D eigenvalue weighted by Crippen LogP contribution is -2.62. The third-order valence-corrected chi connectivity index (χ3v) is 13.2. The highest BCUT2D eigenvalue weighted by Gasteiger charge is 2.43. The summed E-state index contributed by atoms with van der Waals surface area (Å²) in [6.45, 7) is 11.7. The van der Waals surface area contributed by atoms with Crippen LogP contribution in [0.1, 0.15) is 64.2 Å². The van der Waals surface area contributed by atoms with Crippen molar-refractivity contribution < 1.29 is 43.7 Å². The number of aliphatic hydroxyl groups excluding tert-OH is 1. The van der Waals surface area contributed by atoms with Crippen molar-refractivity contribution in [3.63, 3.8) is 0 Å². The van der Waals surface area contributed by atoms with Gasteiger partial charge in [0.2, 0.25) is 17.7 Å². The average Bonchev–Trinajstić information content (AvgIpc) is 4.00. The maximum absolute atomic E-state index is 14.7. The van der Waals surface area contributed by atoms with Gasteiger partial charge in [0.05, 0.1) is 32.1 Å². The number of hydrogen-bond acceptors (Lipinski definition) is 12. The van der Waals surface area contributed by atoms with Crippen molar-refractivity contribution in [1.82, 2.24) is 40.0 Å². The van der Waals surface area contributed by atoms with Gasteiger partial charge in [0.25, 0.3) is 5.91 Å². The van der Waals surface area contributed by atoms with Crippen LogP contribution in [0.5, 0.6) is 5.75 Å². The fourth-order valence-corrected chi connectivity index (χ4v) is 9.70. The number of carbonyl (C=O) groups is 5. The lowest BCUT2D eigenvalue weighted by Gasteiger charge is -2.37. The third kappa shape index (κ3) is 10.8. The van der Waals surface area contributed by atoms with Crippen molar-refractivity contribution in [2.75, 3.05) is 60.6 Å². The molecule has 2 aromatic carbocycles. The SMILES string of the molecule is CCn1c(-c2cnccc2COC)c2c3cc(ccc31)-c1cc(O)cc(c1)C[C@H](NC(=O)C(C(C)C)N(C)C(=O)CN(C)C(=O)[C@H]1CN1CCO)C(=O)N1CCC[C@H](N1)C(=O)OCC(C)(C)C2. The molecule has 4 amide bonds. The Bertz CT molecular complexity index is 2500. The first-order valence-corrected chi connectivity index (χ1v) is 23.3. The van der Waals surface area contributed by atoms with Gasteiger partial charge < -0.3 is 39.4 Å². The predicted octanol–water partition coefficient (Wildman–Crippen LogP) is 3.51. The molecule has 2 aromatic heterocycles. The second kappa shape index (κ2) is 20.6. The molecule has 0 radical (unpaired) electrons. The van der Waals surface area contributed by atoms with Crippen LogP contribution in [-0.4, -0.2) is 154 Å². The van der Waals surface area contributed by atoms with Crippen LogP contribution in [0.2, 0.25) is 0 Å². The molecule has 3 aliphatic heterocycles. The number of phenols is 1. The van der Waals surface area contributed by atoms with E-state index in [4.69, 9.17) is 9.47 Å². The quantitative estimate of drug-likeness (QED) is 0.113. The van der Waals surface area contributed by atoms with Gasteiger partial charge in [-0.3, -0.25) is 38.9 Å². The Hall–Kier alpha value is -5.88. The van der Waals surface area contributed by atoms with E-state index in [1.807, 2.05) is 29.3 Å². The van der Waals surface area contributed by atoms with Gasteiger partial charge in [-0.05, 0) is 90.3 Å². The molecule has 5 heterocycles. The van der Waals surface area contributed by atoms with Gasteiger partial charge in [0.15, 0.2) is 0 Å². The fraction of sp³-hybridized carbons (Fsp3) is 0.520. The number of amides is 4. The number of esters is 1. The number of nitrogens with one attached hydrogen (secondary N) is 2. The third-order valence-electron chi connectivity index (χ3n) is 13.2. The number of hydrazine groups is 1. The maximum Gasteiger partial charge on any atom is 0.324 e. The zero-order chi connectivity index (χ0) is 48.3. The first kappa shape index (κ1) is 49.0. The predicted molar refractivity (Wildman–Crippen MR) is 252 cm³/mol. The van der Waals surface area contributed by atoms with Crippen molar-refractivity contribution in [3.8, 4) is 28.1 Å². The topological polar surface area (TPSA) is 199 Å². The average molecular weight is 923 g/mol. The number of pyridine rings is 1. The second-order valence-electron chi connectivity index (χ2n) is 19.3. The number of carbonyl (C=O) groups excluding carboxylic acids is 5. The Labute approximate surface area is 392 Å². The molecule has 7 rings (SSSR count). The molecule has 5 atom stereocenters. The van der Waals surface area contributed by atoms with Gasteiger partial charge in [0, 0.05) is 88.1 Å². The van der Waals surface area contributed by atoms with Gasteiger partial charge in [-0.2, -0.15) is 0 Å². The van der Waals surface area contributed by atoms with E-state index < -0.39 is 59.2 Å². The summed E-state index contributed by atoms with van der Waals surface area (Å²) >= 11 is 0. The zero-order valence-corrected chi connectivity index (χ0v) is 40.0. The number of aryl methyl sites for hydroxylation is 1. The van der Waals surface area contributed by atoms with Crippen LogP contribution in [0.25, 0.3) is 33.3 Å². The molecule has 6 bridgehead atoms. The van der Waals surface area contributed by atoms with E-state index in [1.165, 1.54) is 28.9 Å². The van der Waals surface area contributed by atoms with Crippen LogP contribution in [0.15, 0.2) is 54.9 Å². The second-order valence-corrected chi connectivity index (χ2v) is 19.3. The molecule has 0 spiro atoms. The monoisotopic (exact) mass is 922 g/mol. The molecule has 17 heteroatoms. The van der Waals surface area contributed by atoms with Crippen LogP contribution in [0.3, 0.4) is 0 Å². The van der Waals surface area contributed by atoms with Crippen LogP contribution in [-0.2, 0) is 59.4 Å². The van der Waals surface area contributed by atoms with E-state index >= 15 is 0 Å². The first-order valence-electron chi connectivity index (χ1n) is 23.3. The molecular formula is C50H66N8O9. The Kier molecular flexibility index (Phi) is 15.0. The number of likely N-dealkylation sites (N-methyl/N-ethyl adjacent to an activating group) is 2. The highest BCUT2D eigenvalue weighted by molar-refractivity contribution is 5.96. The minimum Gasteiger partial charge on any atom is -0.508 e. The van der Waals surface area contributed by atoms with Crippen molar-refractivity contribution in [2.24, 2.45) is 11.3 Å². The number of aromatic nitrogens is 2. The molecule has 17 nitrogen and oxygen atoms in total. The van der Waals surface area contributed by atoms with Gasteiger partial charge in [-0.15, -0.1) is 0 Å². The number of fused-ring (bicyclic) bond motifs is 6. The van der Waals surface area contributed by atoms with Crippen LogP contribution >= 0.6 is 0 Å². The molecule has 3 aliphatic rings. The van der Waals surface area contributed by atoms with Crippen molar-refractivity contribution >= 4 is 40.5 Å². The van der Waals surface area contributed by atoms with E-state index in [9.17, 15) is 34.2 Å². The van der Waals surface area contributed by atoms with Crippen LogP contribution in [0.4, 0.5) is 0 Å². The number of aromatic hydroxyl groups is 1. The van der Waals surface area contributed by atoms with Gasteiger partial charge >= 0.3 is 5.97 Å². The highest BCUT2D eigenvalue weighted by atomic mass is 16.5. The normalized spacial score (nSPS) is 21.1. The largest absolute Gasteiger partial charge is 0.508 e. The number of aliphatic hydroxyl groups is 1. The number of benzene rings is 2. The van der Waals surface area contributed by atoms with Crippen molar-refractivity contribution in [3.05, 3.63) is 71.5 Å². The molecule has 0 saturated carbocycles. The Morgan fingerprint density at radius 1 is 1.09 bits per heavy atom. The summed E-state index contributed by atoms with van der Waals surface area (Å²) in [6, 6.07) is 9.86. The molecule has 2 fully saturated rings. The van der Waals surface area contributed by atoms with Crippen LogP contribution in [0, 0.1) is 11.3 Å². The molecule has 360 valence electrons. The minimum absolute atomic E-state index is 0.0269. The molecule has 4 aromatic rings. The summed E-state index contributed by atoms with van der Waals surface area (Å²) in [5.74, 6) is -2.72. The maximum atomic E-state index is 14.7. The number of hydrogen-bond donors (Lipinski definition) is 4. The van der Waals surface area contributed by atoms with Crippen molar-refractivity contribution in [1.29, 1.82) is 0 Å². The smallest absolute Gasteiger partial charge is 0.324 e. The molecule has 67 heavy (non-hydrogen) atoms. The van der Waals surface area contributed by atoms with E-state index in [-0.39, 0.29) is 44.4 Å². The van der Waals surface area contributed by atoms with E-state index in [0.717, 1.165) is 38.9 Å². The van der Waals surface area contributed by atoms with Gasteiger partial charge in [-0.25, -0.2) is 5.43 Å². The highest BCUT2D eigenvalue weighted by Crippen LogP contribution is 2.41. The Morgan fingerprint density at radius 2 is 1.87 bits per heavy atom. The Morgan fingerprint density at radius 3 is 2.58 bits per heavy atom. The minimum atomic E-state index is -1.19. The number of cyclic esters (lactones) is 1. The molecule has 2 saturated heterocycles. The molecule has 0 aliphatic carbocycles. The summed E-state index contributed by atoms with van der Waals surface area (Å²) in [4.78, 5) is 78.8. The zero-order valence-electron chi connectivity index (χ0n) is 40.0. The lowest BCUT2D eigenvalue weighted by atomic mass is 9.84. The number of β-amino-alcohol motifs (C(OH)–C–C–N with tert-alkyl or cyclic N) is 1. The molecule has 2 unspecified atom stereocenters. The fourth-order valence-electron chi connectivity index (χ4n) is 9.70. The summed E-state index contributed by atoms with van der Waals surface area (Å²) < 4.78 is 14.0. The van der Waals surface area contributed by atoms with E-state index in [1.54, 1.807) is 39.3 Å². The van der Waals surface area contributed by atoms with E-state index in [2.05, 4.69) is 53.2 Å². The number of rotatable bonds is 13. The van der Waals surface area contributed by atoms with E-state index in [0.29, 0.717) is 56.6 Å². The summed E-state index contributed by atoms with van der Waals surface area (Å²) in [7, 11) is 4.71. The number of ether oxygens (including phenoxy) is 2. The van der Waals surface area contributed by atoms with Gasteiger partial charge in [0.1, 0.15) is 29.9 Å². The first-order chi connectivity index (χ1) is 31.9. The molecular weight excluding hydrogens is 857 g/mol. The Balaban J connectivity index is 1.27. The number of nitrogens with zero attached hydrogens (tertiary/aromatic N) is 6. The summed E-state index contributed by atoms with van der Waals surface area (Å²) in [5.41, 5.74) is 9.61. The number of phenolic OH excluding ortho intramolecular Hbond substituents is 1. The van der Waals surface area contributed by atoms with Crippen LogP contribution < -0.4 is 10.7 Å².